The first kappa shape index (κ1) is 13.3. The Bertz CT molecular complexity index is 700. The third kappa shape index (κ3) is 2.36. The summed E-state index contributed by atoms with van der Waals surface area (Å²) in [5.41, 5.74) is 0.797. The summed E-state index contributed by atoms with van der Waals surface area (Å²) in [6.45, 7) is 0. The number of carbonyl (C=O) groups excluding carboxylic acids is 2. The largest absolute Gasteiger partial charge is 0.334 e. The van der Waals surface area contributed by atoms with E-state index >= 15 is 0 Å². The molecule has 2 heterocycles. The molecule has 1 aromatic carbocycles. The van der Waals surface area contributed by atoms with Crippen molar-refractivity contribution in [3.8, 4) is 0 Å². The fourth-order valence-corrected chi connectivity index (χ4v) is 3.40. The number of fused-ring (bicyclic) bond motifs is 1. The highest BCUT2D eigenvalue weighted by molar-refractivity contribution is 7.22. The molecule has 0 aliphatic carbocycles. The molecular formula is C13H12ClN3O2S. The minimum Gasteiger partial charge on any atom is -0.334 e. The van der Waals surface area contributed by atoms with Crippen molar-refractivity contribution >= 4 is 50.1 Å². The normalized spacial score (nSPS) is 18.8. The summed E-state index contributed by atoms with van der Waals surface area (Å²) in [5.74, 6) is -0.190. The van der Waals surface area contributed by atoms with Crippen LogP contribution in [0.25, 0.3) is 10.2 Å². The molecule has 0 saturated carbocycles. The maximum absolute atomic E-state index is 12.2. The molecule has 2 aromatic rings. The van der Waals surface area contributed by atoms with Gasteiger partial charge in [0.2, 0.25) is 11.8 Å². The van der Waals surface area contributed by atoms with E-state index in [9.17, 15) is 9.59 Å². The van der Waals surface area contributed by atoms with E-state index < -0.39 is 6.04 Å². The summed E-state index contributed by atoms with van der Waals surface area (Å²) >= 11 is 7.29. The molecule has 1 aliphatic heterocycles. The van der Waals surface area contributed by atoms with Crippen LogP contribution in [0.15, 0.2) is 18.2 Å². The maximum Gasteiger partial charge on any atom is 0.248 e. The van der Waals surface area contributed by atoms with Crippen LogP contribution >= 0.6 is 22.9 Å². The van der Waals surface area contributed by atoms with Crippen LogP contribution in [0.3, 0.4) is 0 Å². The summed E-state index contributed by atoms with van der Waals surface area (Å²) in [6, 6.07) is 4.99. The highest BCUT2D eigenvalue weighted by Crippen LogP contribution is 2.29. The Morgan fingerprint density at radius 2 is 2.35 bits per heavy atom. The van der Waals surface area contributed by atoms with E-state index in [4.69, 9.17) is 11.6 Å². The third-order valence-corrected chi connectivity index (χ3v) is 4.54. The lowest BCUT2D eigenvalue weighted by atomic mass is 10.2. The molecule has 5 nitrogen and oxygen atoms in total. The minimum absolute atomic E-state index is 0.00114. The number of halogens is 1. The van der Waals surface area contributed by atoms with Crippen molar-refractivity contribution < 1.29 is 9.59 Å². The van der Waals surface area contributed by atoms with Gasteiger partial charge in [-0.3, -0.25) is 9.59 Å². The van der Waals surface area contributed by atoms with Gasteiger partial charge in [-0.15, -0.1) is 0 Å². The van der Waals surface area contributed by atoms with Gasteiger partial charge in [0.15, 0.2) is 5.13 Å². The average Bonchev–Trinajstić information content (AvgIpc) is 2.93. The lowest BCUT2D eigenvalue weighted by molar-refractivity contribution is -0.131. The first-order chi connectivity index (χ1) is 9.54. The smallest absolute Gasteiger partial charge is 0.248 e. The molecule has 1 unspecified atom stereocenters. The quantitative estimate of drug-likeness (QED) is 0.927. The van der Waals surface area contributed by atoms with Gasteiger partial charge in [0.05, 0.1) is 10.2 Å². The van der Waals surface area contributed by atoms with Gasteiger partial charge < -0.3 is 10.2 Å². The molecule has 1 saturated heterocycles. The Balaban J connectivity index is 1.79. The zero-order valence-electron chi connectivity index (χ0n) is 10.7. The third-order valence-electron chi connectivity index (χ3n) is 3.38. The van der Waals surface area contributed by atoms with Gasteiger partial charge in [-0.2, -0.15) is 0 Å². The molecule has 0 bridgehead atoms. The number of aromatic nitrogens is 1. The van der Waals surface area contributed by atoms with Crippen LogP contribution in [0.2, 0.25) is 5.02 Å². The second-order valence-corrected chi connectivity index (χ2v) is 6.15. The maximum atomic E-state index is 12.2. The average molecular weight is 310 g/mol. The molecule has 104 valence electrons. The molecular weight excluding hydrogens is 298 g/mol. The molecule has 1 atom stereocenters. The van der Waals surface area contributed by atoms with Gasteiger partial charge in [0.25, 0.3) is 0 Å². The van der Waals surface area contributed by atoms with E-state index in [-0.39, 0.29) is 11.8 Å². The number of amides is 2. The number of likely N-dealkylation sites (N-methyl/N-ethyl adjacent to an activating group) is 1. The van der Waals surface area contributed by atoms with Gasteiger partial charge >= 0.3 is 0 Å². The first-order valence-corrected chi connectivity index (χ1v) is 7.36. The zero-order valence-corrected chi connectivity index (χ0v) is 12.3. The fraction of sp³-hybridized carbons (Fsp3) is 0.308. The monoisotopic (exact) mass is 309 g/mol. The van der Waals surface area contributed by atoms with Crippen LogP contribution in [0.1, 0.15) is 12.8 Å². The van der Waals surface area contributed by atoms with Crippen molar-refractivity contribution in [1.29, 1.82) is 0 Å². The van der Waals surface area contributed by atoms with Crippen LogP contribution in [-0.2, 0) is 9.59 Å². The number of hydrogen-bond donors (Lipinski definition) is 1. The predicted molar refractivity (Wildman–Crippen MR) is 79.1 cm³/mol. The summed E-state index contributed by atoms with van der Waals surface area (Å²) in [7, 11) is 1.65. The van der Waals surface area contributed by atoms with Crippen molar-refractivity contribution in [2.75, 3.05) is 12.4 Å². The van der Waals surface area contributed by atoms with E-state index in [2.05, 4.69) is 10.3 Å². The number of hydrogen-bond acceptors (Lipinski definition) is 4. The molecule has 7 heteroatoms. The molecule has 3 rings (SSSR count). The lowest BCUT2D eigenvalue weighted by Crippen LogP contribution is -2.38. The number of carbonyl (C=O) groups is 2. The highest BCUT2D eigenvalue weighted by atomic mass is 35.5. The van der Waals surface area contributed by atoms with E-state index in [0.717, 1.165) is 10.2 Å². The van der Waals surface area contributed by atoms with Gasteiger partial charge in [-0.1, -0.05) is 22.9 Å². The van der Waals surface area contributed by atoms with Crippen LogP contribution in [0, 0.1) is 0 Å². The number of anilines is 1. The summed E-state index contributed by atoms with van der Waals surface area (Å²) < 4.78 is 0.920. The Morgan fingerprint density at radius 3 is 3.05 bits per heavy atom. The lowest BCUT2D eigenvalue weighted by Gasteiger charge is -2.18. The SMILES string of the molecule is CN1C(=O)CCC1C(=O)Nc1nc2ccc(Cl)cc2s1. The second kappa shape index (κ2) is 5.03. The molecule has 0 spiro atoms. The number of likely N-dealkylation sites (tertiary alicyclic amines) is 1. The van der Waals surface area contributed by atoms with Crippen molar-refractivity contribution in [3.05, 3.63) is 23.2 Å². The van der Waals surface area contributed by atoms with E-state index in [1.165, 1.54) is 16.2 Å². The standard InChI is InChI=1S/C13H12ClN3O2S/c1-17-9(4-5-11(17)18)12(19)16-13-15-8-3-2-7(14)6-10(8)20-13/h2-3,6,9H,4-5H2,1H3,(H,15,16,19). The van der Waals surface area contributed by atoms with Crippen molar-refractivity contribution in [3.63, 3.8) is 0 Å². The molecule has 0 radical (unpaired) electrons. The molecule has 20 heavy (non-hydrogen) atoms. The Labute approximate surface area is 124 Å². The van der Waals surface area contributed by atoms with Crippen molar-refractivity contribution in [2.45, 2.75) is 18.9 Å². The number of nitrogens with zero attached hydrogens (tertiary/aromatic N) is 2. The number of nitrogens with one attached hydrogen (secondary N) is 1. The Hall–Kier alpha value is -1.66. The number of benzene rings is 1. The van der Waals surface area contributed by atoms with Gasteiger partial charge in [-0.25, -0.2) is 4.98 Å². The van der Waals surface area contributed by atoms with Crippen LogP contribution < -0.4 is 5.32 Å². The molecule has 1 N–H and O–H groups in total. The summed E-state index contributed by atoms with van der Waals surface area (Å²) in [6.07, 6.45) is 0.974. The van der Waals surface area contributed by atoms with E-state index in [1.54, 1.807) is 13.1 Å². The van der Waals surface area contributed by atoms with Crippen LogP contribution in [-0.4, -0.2) is 34.8 Å². The molecule has 1 fully saturated rings. The minimum atomic E-state index is -0.405. The Kier molecular flexibility index (Phi) is 3.35. The molecule has 1 aromatic heterocycles. The number of rotatable bonds is 2. The van der Waals surface area contributed by atoms with E-state index in [0.29, 0.717) is 23.0 Å². The fourth-order valence-electron chi connectivity index (χ4n) is 2.25. The van der Waals surface area contributed by atoms with Gasteiger partial charge in [0.1, 0.15) is 6.04 Å². The predicted octanol–water partition coefficient (Wildman–Crippen LogP) is 2.51. The second-order valence-electron chi connectivity index (χ2n) is 4.68. The Morgan fingerprint density at radius 1 is 1.55 bits per heavy atom. The van der Waals surface area contributed by atoms with Crippen molar-refractivity contribution in [2.24, 2.45) is 0 Å². The first-order valence-electron chi connectivity index (χ1n) is 6.17. The zero-order chi connectivity index (χ0) is 14.3. The van der Waals surface area contributed by atoms with E-state index in [1.807, 2.05) is 12.1 Å². The van der Waals surface area contributed by atoms with Gasteiger partial charge in [-0.05, 0) is 24.6 Å². The molecule has 2 amide bonds. The topological polar surface area (TPSA) is 62.3 Å². The summed E-state index contributed by atoms with van der Waals surface area (Å²) in [5, 5.41) is 3.94. The van der Waals surface area contributed by atoms with Crippen molar-refractivity contribution in [1.82, 2.24) is 9.88 Å². The summed E-state index contributed by atoms with van der Waals surface area (Å²) in [4.78, 5) is 29.4. The van der Waals surface area contributed by atoms with Crippen LogP contribution in [0.4, 0.5) is 5.13 Å². The number of thiazole rings is 1. The van der Waals surface area contributed by atoms with Crippen LogP contribution in [0.5, 0.6) is 0 Å². The molecule has 1 aliphatic rings. The van der Waals surface area contributed by atoms with Gasteiger partial charge in [0, 0.05) is 18.5 Å². The highest BCUT2D eigenvalue weighted by Gasteiger charge is 2.33.